The highest BCUT2D eigenvalue weighted by Crippen LogP contribution is 2.40. The molecule has 162 valence electrons. The van der Waals surface area contributed by atoms with Gasteiger partial charge in [0.05, 0.1) is 0 Å². The number of rotatable bonds is 5. The second-order valence-electron chi connectivity index (χ2n) is 8.30. The van der Waals surface area contributed by atoms with Crippen LogP contribution in [-0.4, -0.2) is 40.0 Å². The quantitative estimate of drug-likeness (QED) is 0.622. The Labute approximate surface area is 188 Å². The number of nitrogens with zero attached hydrogens (tertiary/aromatic N) is 3. The third kappa shape index (κ3) is 4.97. The first-order valence-corrected chi connectivity index (χ1v) is 11.1. The summed E-state index contributed by atoms with van der Waals surface area (Å²) < 4.78 is 5.73. The first-order valence-electron chi connectivity index (χ1n) is 11.1. The Morgan fingerprint density at radius 2 is 1.78 bits per heavy atom. The normalized spacial score (nSPS) is 19.9. The summed E-state index contributed by atoms with van der Waals surface area (Å²) in [6.45, 7) is 1.49. The van der Waals surface area contributed by atoms with Crippen molar-refractivity contribution in [2.24, 2.45) is 0 Å². The summed E-state index contributed by atoms with van der Waals surface area (Å²) in [7, 11) is 0. The Morgan fingerprint density at radius 3 is 2.56 bits per heavy atom. The Hall–Kier alpha value is -3.67. The van der Waals surface area contributed by atoms with Crippen LogP contribution in [0.3, 0.4) is 0 Å². The minimum Gasteiger partial charge on any atom is -0.424 e. The summed E-state index contributed by atoms with van der Waals surface area (Å²) in [6, 6.07) is 20.7. The molecular formula is C26H26N4O2. The van der Waals surface area contributed by atoms with Crippen LogP contribution in [0, 0.1) is 0 Å². The zero-order valence-corrected chi connectivity index (χ0v) is 17.9. The van der Waals surface area contributed by atoms with Gasteiger partial charge in [0.2, 0.25) is 0 Å². The molecule has 6 heteroatoms. The summed E-state index contributed by atoms with van der Waals surface area (Å²) in [5.74, 6) is 1.16. The second-order valence-corrected chi connectivity index (χ2v) is 8.30. The third-order valence-corrected chi connectivity index (χ3v) is 6.00. The van der Waals surface area contributed by atoms with Crippen LogP contribution in [0.4, 0.5) is 4.79 Å². The van der Waals surface area contributed by atoms with Gasteiger partial charge in [0.25, 0.3) is 0 Å². The number of aromatic nitrogens is 2. The number of urea groups is 1. The van der Waals surface area contributed by atoms with Gasteiger partial charge in [0.1, 0.15) is 5.75 Å². The third-order valence-electron chi connectivity index (χ3n) is 6.00. The Balaban J connectivity index is 1.13. The van der Waals surface area contributed by atoms with Crippen LogP contribution < -0.4 is 10.1 Å². The first-order chi connectivity index (χ1) is 15.7. The van der Waals surface area contributed by atoms with E-state index in [-0.39, 0.29) is 12.1 Å². The van der Waals surface area contributed by atoms with E-state index in [2.05, 4.69) is 51.7 Å². The van der Waals surface area contributed by atoms with Gasteiger partial charge in [-0.15, -0.1) is 0 Å². The number of amides is 2. The van der Waals surface area contributed by atoms with E-state index in [1.165, 1.54) is 11.1 Å². The van der Waals surface area contributed by atoms with E-state index in [1.807, 2.05) is 29.2 Å². The fourth-order valence-corrected chi connectivity index (χ4v) is 4.16. The van der Waals surface area contributed by atoms with Crippen LogP contribution in [0.5, 0.6) is 11.8 Å². The van der Waals surface area contributed by atoms with E-state index in [4.69, 9.17) is 4.74 Å². The molecule has 2 amide bonds. The smallest absolute Gasteiger partial charge is 0.321 e. The van der Waals surface area contributed by atoms with E-state index in [9.17, 15) is 4.79 Å². The molecule has 1 unspecified atom stereocenters. The van der Waals surface area contributed by atoms with Crippen LogP contribution >= 0.6 is 0 Å². The molecule has 6 nitrogen and oxygen atoms in total. The van der Waals surface area contributed by atoms with Gasteiger partial charge < -0.3 is 15.0 Å². The SMILES string of the molecule is O=C(NC1C[C@H]1c1ccccc1)N1CCC(=Cc2cccc(Oc3ncccn3)c2)CC1. The lowest BCUT2D eigenvalue weighted by molar-refractivity contribution is 0.193. The van der Waals surface area contributed by atoms with Crippen molar-refractivity contribution in [3.05, 3.63) is 89.8 Å². The predicted octanol–water partition coefficient (Wildman–Crippen LogP) is 5.01. The maximum Gasteiger partial charge on any atom is 0.321 e. The lowest BCUT2D eigenvalue weighted by Gasteiger charge is -2.28. The molecule has 2 aromatic carbocycles. The topological polar surface area (TPSA) is 67.4 Å². The average molecular weight is 427 g/mol. The summed E-state index contributed by atoms with van der Waals surface area (Å²) in [4.78, 5) is 22.8. The molecule has 0 radical (unpaired) electrons. The molecule has 5 rings (SSSR count). The Kier molecular flexibility index (Phi) is 5.83. The summed E-state index contributed by atoms with van der Waals surface area (Å²) in [5, 5.41) is 3.21. The molecule has 2 fully saturated rings. The average Bonchev–Trinajstić information content (AvgIpc) is 3.60. The number of benzene rings is 2. The molecule has 0 spiro atoms. The second kappa shape index (κ2) is 9.22. The van der Waals surface area contributed by atoms with E-state index < -0.39 is 0 Å². The van der Waals surface area contributed by atoms with E-state index >= 15 is 0 Å². The number of piperidine rings is 1. The number of hydrogen-bond donors (Lipinski definition) is 1. The molecule has 1 saturated heterocycles. The maximum absolute atomic E-state index is 12.7. The van der Waals surface area contributed by atoms with Crippen LogP contribution in [-0.2, 0) is 0 Å². The van der Waals surface area contributed by atoms with Gasteiger partial charge in [0, 0.05) is 37.4 Å². The van der Waals surface area contributed by atoms with Crippen molar-refractivity contribution in [2.45, 2.75) is 31.2 Å². The highest BCUT2D eigenvalue weighted by atomic mass is 16.5. The maximum atomic E-state index is 12.7. The van der Waals surface area contributed by atoms with Crippen molar-refractivity contribution >= 4 is 12.1 Å². The van der Waals surface area contributed by atoms with Crippen molar-refractivity contribution in [3.63, 3.8) is 0 Å². The van der Waals surface area contributed by atoms with Gasteiger partial charge in [-0.05, 0) is 48.6 Å². The zero-order valence-electron chi connectivity index (χ0n) is 17.9. The van der Waals surface area contributed by atoms with Crippen molar-refractivity contribution in [2.75, 3.05) is 13.1 Å². The molecule has 1 saturated carbocycles. The van der Waals surface area contributed by atoms with Crippen LogP contribution in [0.1, 0.15) is 36.3 Å². The van der Waals surface area contributed by atoms with Crippen molar-refractivity contribution < 1.29 is 9.53 Å². The molecule has 2 atom stereocenters. The van der Waals surface area contributed by atoms with Crippen molar-refractivity contribution in [3.8, 4) is 11.8 Å². The standard InChI is InChI=1S/C26H26N4O2/c31-26(29-24-18-23(24)21-7-2-1-3-8-21)30-14-10-19(11-15-30)16-20-6-4-9-22(17-20)32-25-27-12-5-13-28-25/h1-9,12-13,16-17,23-24H,10-11,14-15,18H2,(H,29,31)/t23-,24?/m0/s1. The van der Waals surface area contributed by atoms with E-state index in [0.29, 0.717) is 17.7 Å². The molecule has 1 aliphatic heterocycles. The zero-order chi connectivity index (χ0) is 21.8. The van der Waals surface area contributed by atoms with E-state index in [1.54, 1.807) is 18.5 Å². The van der Waals surface area contributed by atoms with Gasteiger partial charge in [-0.3, -0.25) is 0 Å². The number of likely N-dealkylation sites (tertiary alicyclic amines) is 1. The minimum absolute atomic E-state index is 0.0609. The lowest BCUT2D eigenvalue weighted by Crippen LogP contribution is -2.44. The van der Waals surface area contributed by atoms with Crippen molar-refractivity contribution in [1.82, 2.24) is 20.2 Å². The van der Waals surface area contributed by atoms with Gasteiger partial charge >= 0.3 is 12.0 Å². The largest absolute Gasteiger partial charge is 0.424 e. The molecule has 2 heterocycles. The molecule has 0 bridgehead atoms. The Bertz CT molecular complexity index is 1090. The van der Waals surface area contributed by atoms with Gasteiger partial charge in [-0.1, -0.05) is 54.1 Å². The first kappa shape index (κ1) is 20.2. The highest BCUT2D eigenvalue weighted by molar-refractivity contribution is 5.75. The molecule has 1 N–H and O–H groups in total. The number of carbonyl (C=O) groups is 1. The molecule has 1 aliphatic carbocycles. The molecule has 1 aromatic heterocycles. The summed E-state index contributed by atoms with van der Waals surface area (Å²) >= 11 is 0. The van der Waals surface area contributed by atoms with Crippen molar-refractivity contribution in [1.29, 1.82) is 0 Å². The molecule has 3 aromatic rings. The number of hydrogen-bond acceptors (Lipinski definition) is 4. The summed E-state index contributed by atoms with van der Waals surface area (Å²) in [6.07, 6.45) is 8.30. The number of carbonyl (C=O) groups excluding carboxylic acids is 1. The number of ether oxygens (including phenoxy) is 1. The fraction of sp³-hybridized carbons (Fsp3) is 0.269. The molecular weight excluding hydrogens is 400 g/mol. The van der Waals surface area contributed by atoms with Gasteiger partial charge in [-0.2, -0.15) is 0 Å². The van der Waals surface area contributed by atoms with Crippen LogP contribution in [0.25, 0.3) is 6.08 Å². The van der Waals surface area contributed by atoms with Crippen LogP contribution in [0.15, 0.2) is 78.6 Å². The highest BCUT2D eigenvalue weighted by Gasteiger charge is 2.40. The monoisotopic (exact) mass is 426 g/mol. The number of nitrogens with one attached hydrogen (secondary N) is 1. The van der Waals surface area contributed by atoms with Gasteiger partial charge in [-0.25, -0.2) is 14.8 Å². The fourth-order valence-electron chi connectivity index (χ4n) is 4.16. The molecule has 32 heavy (non-hydrogen) atoms. The molecule has 2 aliphatic rings. The predicted molar refractivity (Wildman–Crippen MR) is 123 cm³/mol. The minimum atomic E-state index is 0.0609. The summed E-state index contributed by atoms with van der Waals surface area (Å²) in [5.41, 5.74) is 3.73. The van der Waals surface area contributed by atoms with Crippen LogP contribution in [0.2, 0.25) is 0 Å². The van der Waals surface area contributed by atoms with E-state index in [0.717, 1.165) is 37.9 Å². The Morgan fingerprint density at radius 1 is 1.00 bits per heavy atom. The van der Waals surface area contributed by atoms with Gasteiger partial charge in [0.15, 0.2) is 0 Å². The lowest BCUT2D eigenvalue weighted by atomic mass is 10.0.